The van der Waals surface area contributed by atoms with E-state index < -0.39 is 11.9 Å². The van der Waals surface area contributed by atoms with E-state index in [9.17, 15) is 19.5 Å². The SMILES string of the molecule is O=Cc1ccc(-c2cc(-c3ccc(C(=O)O)cc3)cc(-c3ccc(C(=O)OO)cc3)c2)cc1. The van der Waals surface area contributed by atoms with Gasteiger partial charge < -0.3 is 5.11 Å². The molecule has 0 saturated heterocycles. The van der Waals surface area contributed by atoms with Crippen molar-refractivity contribution in [3.8, 4) is 33.4 Å². The highest BCUT2D eigenvalue weighted by Crippen LogP contribution is 2.33. The summed E-state index contributed by atoms with van der Waals surface area (Å²) in [6.07, 6.45) is 0.786. The fourth-order valence-electron chi connectivity index (χ4n) is 3.54. The van der Waals surface area contributed by atoms with Crippen LogP contribution in [-0.4, -0.2) is 28.6 Å². The Hall–Kier alpha value is -4.55. The number of benzene rings is 4. The van der Waals surface area contributed by atoms with Crippen LogP contribution < -0.4 is 0 Å². The van der Waals surface area contributed by atoms with Crippen LogP contribution in [0.1, 0.15) is 31.1 Å². The van der Waals surface area contributed by atoms with E-state index in [1.165, 1.54) is 0 Å². The maximum absolute atomic E-state index is 11.5. The molecule has 0 atom stereocenters. The second-order valence-corrected chi connectivity index (χ2v) is 7.38. The van der Waals surface area contributed by atoms with Gasteiger partial charge in [0.15, 0.2) is 0 Å². The van der Waals surface area contributed by atoms with E-state index >= 15 is 0 Å². The number of carboxylic acids is 1. The number of carbonyl (C=O) groups excluding carboxylic acids is 2. The smallest absolute Gasteiger partial charge is 0.372 e. The zero-order chi connectivity index (χ0) is 23.4. The minimum absolute atomic E-state index is 0.200. The average Bonchev–Trinajstić information content (AvgIpc) is 2.88. The molecule has 0 unspecified atom stereocenters. The van der Waals surface area contributed by atoms with E-state index in [0.717, 1.165) is 39.7 Å². The van der Waals surface area contributed by atoms with E-state index in [1.807, 2.05) is 30.3 Å². The number of aldehydes is 1. The molecule has 0 aromatic heterocycles. The van der Waals surface area contributed by atoms with Crippen LogP contribution in [0.3, 0.4) is 0 Å². The van der Waals surface area contributed by atoms with Crippen molar-refractivity contribution in [2.45, 2.75) is 0 Å². The van der Waals surface area contributed by atoms with Gasteiger partial charge in [0.2, 0.25) is 0 Å². The van der Waals surface area contributed by atoms with Crippen molar-refractivity contribution in [3.05, 3.63) is 108 Å². The molecule has 6 heteroatoms. The van der Waals surface area contributed by atoms with Gasteiger partial charge in [0, 0.05) is 5.56 Å². The molecule has 0 radical (unpaired) electrons. The molecule has 0 fully saturated rings. The quantitative estimate of drug-likeness (QED) is 0.223. The summed E-state index contributed by atoms with van der Waals surface area (Å²) in [5.74, 6) is -1.84. The monoisotopic (exact) mass is 438 g/mol. The van der Waals surface area contributed by atoms with Crippen LogP contribution in [-0.2, 0) is 4.89 Å². The molecular formula is C27H18O6. The predicted octanol–water partition coefficient (Wildman–Crippen LogP) is 5.83. The van der Waals surface area contributed by atoms with Gasteiger partial charge in [0.25, 0.3) is 0 Å². The third-order valence-electron chi connectivity index (χ3n) is 5.32. The molecule has 0 aliphatic carbocycles. The first-order chi connectivity index (χ1) is 16.0. The Kier molecular flexibility index (Phi) is 6.11. The first kappa shape index (κ1) is 21.7. The molecule has 0 aliphatic heterocycles. The molecule has 0 spiro atoms. The van der Waals surface area contributed by atoms with Gasteiger partial charge in [0.1, 0.15) is 6.29 Å². The van der Waals surface area contributed by atoms with Crippen LogP contribution >= 0.6 is 0 Å². The van der Waals surface area contributed by atoms with Gasteiger partial charge in [-0.25, -0.2) is 9.59 Å². The predicted molar refractivity (Wildman–Crippen MR) is 123 cm³/mol. The van der Waals surface area contributed by atoms with E-state index in [0.29, 0.717) is 5.56 Å². The summed E-state index contributed by atoms with van der Waals surface area (Å²) in [6.45, 7) is 0. The van der Waals surface area contributed by atoms with E-state index in [4.69, 9.17) is 5.26 Å². The summed E-state index contributed by atoms with van der Waals surface area (Å²) in [5, 5.41) is 17.8. The number of rotatable bonds is 6. The minimum atomic E-state index is -0.993. The summed E-state index contributed by atoms with van der Waals surface area (Å²) in [6, 6.07) is 26.4. The van der Waals surface area contributed by atoms with Crippen LogP contribution in [0.5, 0.6) is 0 Å². The third kappa shape index (κ3) is 4.71. The van der Waals surface area contributed by atoms with Gasteiger partial charge >= 0.3 is 11.9 Å². The third-order valence-corrected chi connectivity index (χ3v) is 5.32. The first-order valence-electron chi connectivity index (χ1n) is 9.99. The Balaban J connectivity index is 1.82. The normalized spacial score (nSPS) is 10.5. The number of aromatic carboxylic acids is 1. The lowest BCUT2D eigenvalue weighted by molar-refractivity contribution is -0.182. The topological polar surface area (TPSA) is 101 Å². The fraction of sp³-hybridized carbons (Fsp3) is 0. The van der Waals surface area contributed by atoms with Crippen LogP contribution in [0.4, 0.5) is 0 Å². The van der Waals surface area contributed by atoms with Gasteiger partial charge in [0.05, 0.1) is 11.1 Å². The van der Waals surface area contributed by atoms with Crippen molar-refractivity contribution < 1.29 is 29.6 Å². The lowest BCUT2D eigenvalue weighted by Crippen LogP contribution is -2.00. The Morgan fingerprint density at radius 3 is 1.36 bits per heavy atom. The molecule has 33 heavy (non-hydrogen) atoms. The van der Waals surface area contributed by atoms with Gasteiger partial charge in [-0.3, -0.25) is 9.68 Å². The van der Waals surface area contributed by atoms with Crippen molar-refractivity contribution in [1.82, 2.24) is 0 Å². The maximum atomic E-state index is 11.5. The maximum Gasteiger partial charge on any atom is 0.372 e. The van der Waals surface area contributed by atoms with Crippen molar-refractivity contribution in [1.29, 1.82) is 0 Å². The largest absolute Gasteiger partial charge is 0.478 e. The average molecular weight is 438 g/mol. The molecule has 4 aromatic carbocycles. The lowest BCUT2D eigenvalue weighted by atomic mass is 9.92. The second kappa shape index (κ2) is 9.30. The molecular weight excluding hydrogens is 420 g/mol. The van der Waals surface area contributed by atoms with E-state index in [1.54, 1.807) is 60.7 Å². The summed E-state index contributed by atoms with van der Waals surface area (Å²) in [7, 11) is 0. The highest BCUT2D eigenvalue weighted by molar-refractivity contribution is 5.91. The molecule has 0 saturated carbocycles. The molecule has 0 bridgehead atoms. The van der Waals surface area contributed by atoms with E-state index in [-0.39, 0.29) is 11.1 Å². The van der Waals surface area contributed by atoms with Crippen molar-refractivity contribution in [3.63, 3.8) is 0 Å². The standard InChI is InChI=1S/C27H18O6/c28-16-17-1-3-18(4-2-17)23-13-24(19-5-9-21(10-6-19)26(29)30)15-25(14-23)20-7-11-22(12-8-20)27(31)33-32/h1-16,32H,(H,29,30). The number of hydrogen-bond donors (Lipinski definition) is 2. The Labute approximate surface area is 189 Å². The number of carbonyl (C=O) groups is 3. The minimum Gasteiger partial charge on any atom is -0.478 e. The summed E-state index contributed by atoms with van der Waals surface area (Å²) >= 11 is 0. The summed E-state index contributed by atoms with van der Waals surface area (Å²) in [5.41, 5.74) is 6.22. The number of hydrogen-bond acceptors (Lipinski definition) is 5. The first-order valence-corrected chi connectivity index (χ1v) is 9.99. The van der Waals surface area contributed by atoms with Crippen LogP contribution in [0, 0.1) is 0 Å². The highest BCUT2D eigenvalue weighted by atomic mass is 17.1. The molecule has 0 amide bonds. The number of carboxylic acid groups (broad SMARTS) is 1. The molecule has 2 N–H and O–H groups in total. The van der Waals surface area contributed by atoms with Crippen molar-refractivity contribution >= 4 is 18.2 Å². The zero-order valence-electron chi connectivity index (χ0n) is 17.3. The lowest BCUT2D eigenvalue weighted by Gasteiger charge is -2.12. The zero-order valence-corrected chi connectivity index (χ0v) is 17.3. The Morgan fingerprint density at radius 1 is 0.606 bits per heavy atom. The van der Waals surface area contributed by atoms with Gasteiger partial charge in [-0.2, -0.15) is 5.26 Å². The molecule has 0 aliphatic rings. The van der Waals surface area contributed by atoms with Crippen molar-refractivity contribution in [2.24, 2.45) is 0 Å². The Morgan fingerprint density at radius 2 is 1.00 bits per heavy atom. The van der Waals surface area contributed by atoms with Crippen LogP contribution in [0.15, 0.2) is 91.0 Å². The summed E-state index contributed by atoms with van der Waals surface area (Å²) < 4.78 is 0. The van der Waals surface area contributed by atoms with E-state index in [2.05, 4.69) is 4.89 Å². The van der Waals surface area contributed by atoms with Crippen LogP contribution in [0.2, 0.25) is 0 Å². The molecule has 0 heterocycles. The van der Waals surface area contributed by atoms with Crippen LogP contribution in [0.25, 0.3) is 33.4 Å². The molecule has 4 rings (SSSR count). The second-order valence-electron chi connectivity index (χ2n) is 7.38. The molecule has 162 valence electrons. The van der Waals surface area contributed by atoms with Gasteiger partial charge in [-0.05, 0) is 75.8 Å². The highest BCUT2D eigenvalue weighted by Gasteiger charge is 2.11. The van der Waals surface area contributed by atoms with Crippen molar-refractivity contribution in [2.75, 3.05) is 0 Å². The Bertz CT molecular complexity index is 1320. The molecule has 6 nitrogen and oxygen atoms in total. The summed E-state index contributed by atoms with van der Waals surface area (Å²) in [4.78, 5) is 37.5. The fourth-order valence-corrected chi connectivity index (χ4v) is 3.54. The molecule has 4 aromatic rings. The van der Waals surface area contributed by atoms with Gasteiger partial charge in [-0.1, -0.05) is 48.5 Å². The van der Waals surface area contributed by atoms with Gasteiger partial charge in [-0.15, -0.1) is 0 Å².